The quantitative estimate of drug-likeness (QED) is 0.811. The van der Waals surface area contributed by atoms with Crippen molar-refractivity contribution in [2.75, 3.05) is 39.3 Å². The fourth-order valence-electron chi connectivity index (χ4n) is 2.14. The van der Waals surface area contributed by atoms with Gasteiger partial charge in [0.2, 0.25) is 0 Å². The van der Waals surface area contributed by atoms with Gasteiger partial charge in [0.15, 0.2) is 10.7 Å². The van der Waals surface area contributed by atoms with Crippen molar-refractivity contribution in [3.05, 3.63) is 16.1 Å². The number of thiazole rings is 1. The van der Waals surface area contributed by atoms with Crippen LogP contribution in [-0.4, -0.2) is 76.2 Å². The van der Waals surface area contributed by atoms with E-state index in [1.54, 1.807) is 4.90 Å². The minimum Gasteiger partial charge on any atom is -0.476 e. The van der Waals surface area contributed by atoms with Crippen LogP contribution in [0.2, 0.25) is 0 Å². The molecule has 2 heterocycles. The second-order valence-corrected chi connectivity index (χ2v) is 5.41. The predicted octanol–water partition coefficient (Wildman–Crippen LogP) is -0.0185. The first-order chi connectivity index (χ1) is 9.61. The average Bonchev–Trinajstić information content (AvgIpc) is 2.80. The number of β-amino-alcohol motifs (C(OH)–C–C–N with tert-alkyl or cyclic N) is 1. The molecule has 1 aliphatic heterocycles. The molecule has 1 saturated heterocycles. The molecule has 1 amide bonds. The van der Waals surface area contributed by atoms with E-state index in [0.717, 1.165) is 24.3 Å². The first kappa shape index (κ1) is 14.9. The highest BCUT2D eigenvalue weighted by Crippen LogP contribution is 2.14. The van der Waals surface area contributed by atoms with Crippen molar-refractivity contribution in [1.29, 1.82) is 0 Å². The Kier molecular flexibility index (Phi) is 5.05. The van der Waals surface area contributed by atoms with Crippen LogP contribution in [0.25, 0.3) is 0 Å². The molecule has 0 unspecified atom stereocenters. The van der Waals surface area contributed by atoms with E-state index in [1.165, 1.54) is 5.38 Å². The van der Waals surface area contributed by atoms with Gasteiger partial charge in [0.25, 0.3) is 5.91 Å². The second kappa shape index (κ2) is 6.78. The lowest BCUT2D eigenvalue weighted by Gasteiger charge is -2.20. The van der Waals surface area contributed by atoms with Gasteiger partial charge in [0.05, 0.1) is 6.61 Å². The van der Waals surface area contributed by atoms with Crippen LogP contribution in [0.1, 0.15) is 26.7 Å². The SMILES string of the molecule is O=C(O)c1csc(C(=O)N2CCCN(CCO)CC2)n1. The number of amides is 1. The number of nitrogens with zero attached hydrogens (tertiary/aromatic N) is 3. The summed E-state index contributed by atoms with van der Waals surface area (Å²) in [5, 5.41) is 19.4. The van der Waals surface area contributed by atoms with Crippen molar-refractivity contribution in [2.45, 2.75) is 6.42 Å². The van der Waals surface area contributed by atoms with Crippen LogP contribution in [0.3, 0.4) is 0 Å². The number of hydrogen-bond acceptors (Lipinski definition) is 6. The minimum absolute atomic E-state index is 0.0879. The van der Waals surface area contributed by atoms with Crippen LogP contribution in [0.4, 0.5) is 0 Å². The zero-order valence-electron chi connectivity index (χ0n) is 11.0. The van der Waals surface area contributed by atoms with Crippen molar-refractivity contribution in [2.24, 2.45) is 0 Å². The van der Waals surface area contributed by atoms with Gasteiger partial charge in [-0.1, -0.05) is 0 Å². The Balaban J connectivity index is 1.99. The number of aliphatic hydroxyl groups excluding tert-OH is 1. The smallest absolute Gasteiger partial charge is 0.355 e. The van der Waals surface area contributed by atoms with E-state index < -0.39 is 5.97 Å². The Morgan fingerprint density at radius 2 is 2.10 bits per heavy atom. The largest absolute Gasteiger partial charge is 0.476 e. The Labute approximate surface area is 120 Å². The van der Waals surface area contributed by atoms with Crippen LogP contribution in [0.15, 0.2) is 5.38 Å². The van der Waals surface area contributed by atoms with E-state index in [1.807, 2.05) is 0 Å². The molecule has 7 nitrogen and oxygen atoms in total. The highest BCUT2D eigenvalue weighted by molar-refractivity contribution is 7.11. The lowest BCUT2D eigenvalue weighted by atomic mass is 10.3. The van der Waals surface area contributed by atoms with Crippen LogP contribution in [0, 0.1) is 0 Å². The first-order valence-electron chi connectivity index (χ1n) is 6.43. The van der Waals surface area contributed by atoms with Crippen LogP contribution in [-0.2, 0) is 0 Å². The van der Waals surface area contributed by atoms with Crippen molar-refractivity contribution in [1.82, 2.24) is 14.8 Å². The number of carboxylic acids is 1. The molecule has 0 atom stereocenters. The molecule has 0 saturated carbocycles. The van der Waals surface area contributed by atoms with Gasteiger partial charge in [-0.2, -0.15) is 0 Å². The zero-order chi connectivity index (χ0) is 14.5. The molecule has 8 heteroatoms. The fraction of sp³-hybridized carbons (Fsp3) is 0.583. The zero-order valence-corrected chi connectivity index (χ0v) is 11.8. The Bertz CT molecular complexity index is 491. The highest BCUT2D eigenvalue weighted by atomic mass is 32.1. The maximum Gasteiger partial charge on any atom is 0.355 e. The first-order valence-corrected chi connectivity index (χ1v) is 7.31. The summed E-state index contributed by atoms with van der Waals surface area (Å²) >= 11 is 1.06. The number of rotatable bonds is 4. The van der Waals surface area contributed by atoms with Crippen LogP contribution >= 0.6 is 11.3 Å². The monoisotopic (exact) mass is 299 g/mol. The van der Waals surface area contributed by atoms with E-state index in [-0.39, 0.29) is 23.2 Å². The van der Waals surface area contributed by atoms with Gasteiger partial charge in [-0.25, -0.2) is 9.78 Å². The van der Waals surface area contributed by atoms with Gasteiger partial charge in [0.1, 0.15) is 0 Å². The third-order valence-electron chi connectivity index (χ3n) is 3.20. The molecular formula is C12H17N3O4S. The Morgan fingerprint density at radius 3 is 2.75 bits per heavy atom. The third kappa shape index (κ3) is 3.53. The molecule has 0 aliphatic carbocycles. The molecular weight excluding hydrogens is 282 g/mol. The average molecular weight is 299 g/mol. The topological polar surface area (TPSA) is 94.0 Å². The van der Waals surface area contributed by atoms with Gasteiger partial charge < -0.3 is 15.1 Å². The van der Waals surface area contributed by atoms with Gasteiger partial charge in [-0.15, -0.1) is 11.3 Å². The Morgan fingerprint density at radius 1 is 1.30 bits per heavy atom. The molecule has 0 bridgehead atoms. The molecule has 2 rings (SSSR count). The van der Waals surface area contributed by atoms with Gasteiger partial charge in [-0.05, 0) is 13.0 Å². The van der Waals surface area contributed by atoms with Crippen LogP contribution < -0.4 is 0 Å². The summed E-state index contributed by atoms with van der Waals surface area (Å²) in [5.74, 6) is -1.33. The number of aromatic nitrogens is 1. The number of aliphatic hydroxyl groups is 1. The van der Waals surface area contributed by atoms with Crippen molar-refractivity contribution in [3.8, 4) is 0 Å². The predicted molar refractivity (Wildman–Crippen MR) is 73.1 cm³/mol. The lowest BCUT2D eigenvalue weighted by molar-refractivity contribution is 0.0691. The lowest BCUT2D eigenvalue weighted by Crippen LogP contribution is -2.35. The number of carbonyl (C=O) groups excluding carboxylic acids is 1. The summed E-state index contributed by atoms with van der Waals surface area (Å²) in [6.07, 6.45) is 0.836. The fourth-order valence-corrected chi connectivity index (χ4v) is 2.90. The van der Waals surface area contributed by atoms with Crippen LogP contribution in [0.5, 0.6) is 0 Å². The number of hydrogen-bond donors (Lipinski definition) is 2. The molecule has 0 aromatic carbocycles. The maximum absolute atomic E-state index is 12.3. The van der Waals surface area contributed by atoms with E-state index in [4.69, 9.17) is 10.2 Å². The van der Waals surface area contributed by atoms with E-state index >= 15 is 0 Å². The minimum atomic E-state index is -1.12. The molecule has 2 N–H and O–H groups in total. The molecule has 1 fully saturated rings. The van der Waals surface area contributed by atoms with Crippen molar-refractivity contribution >= 4 is 23.2 Å². The van der Waals surface area contributed by atoms with Crippen molar-refractivity contribution in [3.63, 3.8) is 0 Å². The van der Waals surface area contributed by atoms with E-state index in [9.17, 15) is 9.59 Å². The molecule has 0 radical (unpaired) electrons. The van der Waals surface area contributed by atoms with Gasteiger partial charge >= 0.3 is 5.97 Å². The normalized spacial score (nSPS) is 16.9. The Hall–Kier alpha value is -1.51. The van der Waals surface area contributed by atoms with Gasteiger partial charge in [-0.3, -0.25) is 9.69 Å². The van der Waals surface area contributed by atoms with E-state index in [0.29, 0.717) is 26.2 Å². The number of carboxylic acid groups (broad SMARTS) is 1. The number of aromatic carboxylic acids is 1. The number of carbonyl (C=O) groups is 2. The highest BCUT2D eigenvalue weighted by Gasteiger charge is 2.23. The van der Waals surface area contributed by atoms with E-state index in [2.05, 4.69) is 9.88 Å². The summed E-state index contributed by atoms with van der Waals surface area (Å²) in [6.45, 7) is 3.49. The molecule has 110 valence electrons. The molecule has 20 heavy (non-hydrogen) atoms. The second-order valence-electron chi connectivity index (χ2n) is 4.55. The summed E-state index contributed by atoms with van der Waals surface area (Å²) < 4.78 is 0. The summed E-state index contributed by atoms with van der Waals surface area (Å²) in [5.41, 5.74) is -0.0879. The summed E-state index contributed by atoms with van der Waals surface area (Å²) in [4.78, 5) is 30.7. The molecule has 0 spiro atoms. The van der Waals surface area contributed by atoms with Crippen molar-refractivity contribution < 1.29 is 19.8 Å². The standard InChI is InChI=1S/C12H17N3O4S/c16-7-6-14-2-1-3-15(5-4-14)11(17)10-13-9(8-20-10)12(18)19/h8,16H,1-7H2,(H,18,19). The molecule has 1 aromatic rings. The summed E-state index contributed by atoms with van der Waals surface area (Å²) in [7, 11) is 0. The summed E-state index contributed by atoms with van der Waals surface area (Å²) in [6, 6.07) is 0. The third-order valence-corrected chi connectivity index (χ3v) is 4.03. The van der Waals surface area contributed by atoms with Gasteiger partial charge in [0, 0.05) is 31.6 Å². The molecule has 1 aliphatic rings. The molecule has 1 aromatic heterocycles. The maximum atomic E-state index is 12.3.